The average molecular weight is 260 g/mol. The van der Waals surface area contributed by atoms with Crippen molar-refractivity contribution in [2.24, 2.45) is 5.41 Å². The van der Waals surface area contributed by atoms with Gasteiger partial charge in [-0.05, 0) is 31.4 Å². The van der Waals surface area contributed by atoms with Gasteiger partial charge in [0.05, 0.1) is 18.6 Å². The van der Waals surface area contributed by atoms with Crippen LogP contribution in [0.25, 0.3) is 0 Å². The van der Waals surface area contributed by atoms with Crippen LogP contribution in [0.2, 0.25) is 0 Å². The number of hydrogen-bond acceptors (Lipinski definition) is 3. The minimum atomic E-state index is -0.344. The number of benzene rings is 1. The Balaban J connectivity index is 2.76. The van der Waals surface area contributed by atoms with Crippen molar-refractivity contribution < 1.29 is 4.74 Å². The number of ether oxygens (including phenoxy) is 1. The molecule has 3 heteroatoms. The van der Waals surface area contributed by atoms with Gasteiger partial charge in [0.25, 0.3) is 0 Å². The zero-order chi connectivity index (χ0) is 14.5. The fraction of sp³-hybridized carbons (Fsp3) is 0.562. The highest BCUT2D eigenvalue weighted by Crippen LogP contribution is 2.24. The van der Waals surface area contributed by atoms with Crippen LogP contribution < -0.4 is 10.1 Å². The molecule has 0 amide bonds. The first kappa shape index (κ1) is 15.5. The van der Waals surface area contributed by atoms with E-state index < -0.39 is 0 Å². The molecule has 0 fully saturated rings. The normalized spacial score (nSPS) is 11.4. The molecule has 3 nitrogen and oxygen atoms in total. The van der Waals surface area contributed by atoms with Crippen molar-refractivity contribution in [2.45, 2.75) is 40.2 Å². The Kier molecular flexibility index (Phi) is 5.38. The lowest BCUT2D eigenvalue weighted by Gasteiger charge is -2.17. The molecule has 1 rings (SSSR count). The second kappa shape index (κ2) is 6.58. The van der Waals surface area contributed by atoms with E-state index in [-0.39, 0.29) is 5.41 Å². The third-order valence-corrected chi connectivity index (χ3v) is 3.16. The third kappa shape index (κ3) is 4.57. The summed E-state index contributed by atoms with van der Waals surface area (Å²) in [6.07, 6.45) is 0. The highest BCUT2D eigenvalue weighted by molar-refractivity contribution is 5.38. The van der Waals surface area contributed by atoms with Gasteiger partial charge in [0.1, 0.15) is 5.75 Å². The van der Waals surface area contributed by atoms with Gasteiger partial charge in [0, 0.05) is 18.7 Å². The summed E-state index contributed by atoms with van der Waals surface area (Å²) in [6.45, 7) is 9.60. The van der Waals surface area contributed by atoms with Gasteiger partial charge in [-0.1, -0.05) is 26.0 Å². The summed E-state index contributed by atoms with van der Waals surface area (Å²) >= 11 is 0. The first-order valence-electron chi connectivity index (χ1n) is 6.68. The van der Waals surface area contributed by atoms with Crippen LogP contribution in [0, 0.1) is 16.7 Å². The van der Waals surface area contributed by atoms with Gasteiger partial charge in [0.15, 0.2) is 0 Å². The van der Waals surface area contributed by atoms with Crippen LogP contribution in [0.5, 0.6) is 5.75 Å². The fourth-order valence-corrected chi connectivity index (χ4v) is 1.84. The van der Waals surface area contributed by atoms with Gasteiger partial charge in [-0.2, -0.15) is 5.26 Å². The molecule has 1 aromatic rings. The fourth-order valence-electron chi connectivity index (χ4n) is 1.84. The lowest BCUT2D eigenvalue weighted by Crippen LogP contribution is -2.27. The number of hydrogen-bond donors (Lipinski definition) is 1. The van der Waals surface area contributed by atoms with Crippen molar-refractivity contribution in [3.05, 3.63) is 29.3 Å². The first-order valence-corrected chi connectivity index (χ1v) is 6.68. The van der Waals surface area contributed by atoms with Crippen LogP contribution in [0.4, 0.5) is 0 Å². The zero-order valence-electron chi connectivity index (χ0n) is 12.6. The van der Waals surface area contributed by atoms with Crippen LogP contribution in [0.3, 0.4) is 0 Å². The van der Waals surface area contributed by atoms with Gasteiger partial charge in [-0.15, -0.1) is 0 Å². The minimum absolute atomic E-state index is 0.344. The van der Waals surface area contributed by atoms with Crippen LogP contribution in [0.1, 0.15) is 44.7 Å². The van der Waals surface area contributed by atoms with E-state index in [1.807, 2.05) is 19.9 Å². The van der Waals surface area contributed by atoms with Crippen molar-refractivity contribution in [1.29, 1.82) is 5.26 Å². The smallest absolute Gasteiger partial charge is 0.123 e. The maximum atomic E-state index is 8.99. The Bertz CT molecular complexity index is 458. The Labute approximate surface area is 116 Å². The summed E-state index contributed by atoms with van der Waals surface area (Å²) in [4.78, 5) is 0. The molecule has 1 N–H and O–H groups in total. The molecular weight excluding hydrogens is 236 g/mol. The van der Waals surface area contributed by atoms with E-state index in [0.29, 0.717) is 12.5 Å². The molecule has 0 saturated carbocycles. The van der Waals surface area contributed by atoms with Crippen LogP contribution in [-0.4, -0.2) is 13.7 Å². The number of nitrogens with one attached hydrogen (secondary N) is 1. The molecule has 0 aliphatic rings. The van der Waals surface area contributed by atoms with E-state index in [9.17, 15) is 0 Å². The molecule has 0 unspecified atom stereocenters. The predicted octanol–water partition coefficient (Wildman–Crippen LogP) is 3.46. The second-order valence-electron chi connectivity index (χ2n) is 5.83. The van der Waals surface area contributed by atoms with Gasteiger partial charge in [-0.25, -0.2) is 0 Å². The molecule has 0 spiro atoms. The Hall–Kier alpha value is -1.53. The Morgan fingerprint density at radius 1 is 1.37 bits per heavy atom. The monoisotopic (exact) mass is 260 g/mol. The summed E-state index contributed by atoms with van der Waals surface area (Å²) in [5, 5.41) is 12.3. The molecule has 104 valence electrons. The number of nitrogens with zero attached hydrogens (tertiary/aromatic N) is 1. The zero-order valence-corrected chi connectivity index (χ0v) is 12.6. The first-order chi connectivity index (χ1) is 8.89. The molecule has 0 aliphatic carbocycles. The summed E-state index contributed by atoms with van der Waals surface area (Å²) < 4.78 is 5.38. The van der Waals surface area contributed by atoms with Gasteiger partial charge < -0.3 is 10.1 Å². The molecule has 0 bridgehead atoms. The SMILES string of the molecule is COc1ccc(C(C)C)cc1CNCC(C)(C)C#N. The molecular formula is C16H24N2O. The lowest BCUT2D eigenvalue weighted by molar-refractivity contribution is 0.401. The van der Waals surface area contributed by atoms with Crippen molar-refractivity contribution in [3.8, 4) is 11.8 Å². The predicted molar refractivity (Wildman–Crippen MR) is 78.2 cm³/mol. The largest absolute Gasteiger partial charge is 0.496 e. The van der Waals surface area contributed by atoms with E-state index in [1.54, 1.807) is 7.11 Å². The van der Waals surface area contributed by atoms with Crippen LogP contribution >= 0.6 is 0 Å². The number of nitriles is 1. The summed E-state index contributed by atoms with van der Waals surface area (Å²) in [6, 6.07) is 8.59. The Morgan fingerprint density at radius 3 is 2.58 bits per heavy atom. The van der Waals surface area contributed by atoms with Gasteiger partial charge in [0.2, 0.25) is 0 Å². The van der Waals surface area contributed by atoms with Crippen molar-refractivity contribution in [3.63, 3.8) is 0 Å². The lowest BCUT2D eigenvalue weighted by atomic mass is 9.95. The molecule has 1 aromatic carbocycles. The van der Waals surface area contributed by atoms with Crippen LogP contribution in [0.15, 0.2) is 18.2 Å². The van der Waals surface area contributed by atoms with E-state index in [4.69, 9.17) is 10.00 Å². The highest BCUT2D eigenvalue weighted by Gasteiger charge is 2.16. The minimum Gasteiger partial charge on any atom is -0.496 e. The average Bonchev–Trinajstić information content (AvgIpc) is 2.38. The Morgan fingerprint density at radius 2 is 2.05 bits per heavy atom. The van der Waals surface area contributed by atoms with E-state index in [2.05, 4.69) is 37.4 Å². The number of rotatable bonds is 6. The van der Waals surface area contributed by atoms with Gasteiger partial charge >= 0.3 is 0 Å². The van der Waals surface area contributed by atoms with Crippen LogP contribution in [-0.2, 0) is 6.54 Å². The molecule has 0 radical (unpaired) electrons. The second-order valence-corrected chi connectivity index (χ2v) is 5.83. The third-order valence-electron chi connectivity index (χ3n) is 3.16. The summed E-state index contributed by atoms with van der Waals surface area (Å²) in [5.41, 5.74) is 2.10. The molecule has 0 atom stereocenters. The highest BCUT2D eigenvalue weighted by atomic mass is 16.5. The van der Waals surface area contributed by atoms with Crippen molar-refractivity contribution >= 4 is 0 Å². The molecule has 0 aromatic heterocycles. The van der Waals surface area contributed by atoms with E-state index >= 15 is 0 Å². The summed E-state index contributed by atoms with van der Waals surface area (Å²) in [5.74, 6) is 1.40. The molecule has 0 heterocycles. The number of methoxy groups -OCH3 is 1. The topological polar surface area (TPSA) is 45.0 Å². The van der Waals surface area contributed by atoms with Crippen molar-refractivity contribution in [1.82, 2.24) is 5.32 Å². The van der Waals surface area contributed by atoms with E-state index in [1.165, 1.54) is 5.56 Å². The maximum Gasteiger partial charge on any atom is 0.123 e. The van der Waals surface area contributed by atoms with Gasteiger partial charge in [-0.3, -0.25) is 0 Å². The molecule has 19 heavy (non-hydrogen) atoms. The van der Waals surface area contributed by atoms with Crippen molar-refractivity contribution in [2.75, 3.05) is 13.7 Å². The molecule has 0 aliphatic heterocycles. The maximum absolute atomic E-state index is 8.99. The standard InChI is InChI=1S/C16H24N2O/c1-12(2)13-6-7-15(19-5)14(8-13)9-18-11-16(3,4)10-17/h6-8,12,18H,9,11H2,1-5H3. The summed E-state index contributed by atoms with van der Waals surface area (Å²) in [7, 11) is 1.69. The molecule has 0 saturated heterocycles. The quantitative estimate of drug-likeness (QED) is 0.852. The van der Waals surface area contributed by atoms with E-state index in [0.717, 1.165) is 17.9 Å².